The molecule has 1 aliphatic heterocycles. The Bertz CT molecular complexity index is 1520. The summed E-state index contributed by atoms with van der Waals surface area (Å²) in [5.74, 6) is -1.94. The van der Waals surface area contributed by atoms with Gasteiger partial charge >= 0.3 is 12.4 Å². The Labute approximate surface area is 254 Å². The van der Waals surface area contributed by atoms with Crippen LogP contribution in [-0.2, 0) is 23.7 Å². The highest BCUT2D eigenvalue weighted by Crippen LogP contribution is 2.37. The van der Waals surface area contributed by atoms with E-state index in [1.807, 2.05) is 24.3 Å². The molecule has 7 nitrogen and oxygen atoms in total. The van der Waals surface area contributed by atoms with Crippen molar-refractivity contribution in [2.75, 3.05) is 31.2 Å². The molecule has 2 aromatic heterocycles. The molecule has 3 heterocycles. The number of para-hydroxylation sites is 1. The van der Waals surface area contributed by atoms with Crippen molar-refractivity contribution in [3.05, 3.63) is 95.4 Å². The molecule has 1 fully saturated rings. The number of Topliss-reactive ketones (excluding diaryl/α,β-unsaturated/α-hetero) is 1. The van der Waals surface area contributed by atoms with Crippen molar-refractivity contribution in [1.82, 2.24) is 19.9 Å². The number of H-pyrrole nitrogens is 1. The number of hydrogen-bond acceptors (Lipinski definition) is 4. The molecular formula is C28H27Cl2F6N5O2. The highest BCUT2D eigenvalue weighted by atomic mass is 35.5. The zero-order valence-electron chi connectivity index (χ0n) is 22.3. The normalized spacial score (nSPS) is 14.9. The monoisotopic (exact) mass is 649 g/mol. The number of ketones is 1. The second-order valence-corrected chi connectivity index (χ2v) is 9.67. The summed E-state index contributed by atoms with van der Waals surface area (Å²) in [7, 11) is 0. The van der Waals surface area contributed by atoms with Gasteiger partial charge in [-0.15, -0.1) is 24.8 Å². The highest BCUT2D eigenvalue weighted by molar-refractivity contribution is 6.16. The van der Waals surface area contributed by atoms with E-state index in [4.69, 9.17) is 0 Å². The number of aromatic nitrogens is 2. The lowest BCUT2D eigenvalue weighted by Gasteiger charge is -2.36. The molecular weight excluding hydrogens is 623 g/mol. The number of aromatic amines is 1. The number of alkyl halides is 6. The second kappa shape index (κ2) is 13.4. The van der Waals surface area contributed by atoms with Gasteiger partial charge in [0.15, 0.2) is 11.8 Å². The number of nitrogens with zero attached hydrogens (tertiary/aromatic N) is 3. The summed E-state index contributed by atoms with van der Waals surface area (Å²) in [5.41, 5.74) is -2.58. The first-order valence-corrected chi connectivity index (χ1v) is 12.7. The van der Waals surface area contributed by atoms with Crippen LogP contribution in [-0.4, -0.2) is 58.5 Å². The average molecular weight is 650 g/mol. The molecule has 0 bridgehead atoms. The number of carbonyl (C=O) groups is 2. The third-order valence-corrected chi connectivity index (χ3v) is 6.99. The molecule has 15 heteroatoms. The smallest absolute Gasteiger partial charge is 0.361 e. The molecule has 1 saturated heterocycles. The van der Waals surface area contributed by atoms with Crippen molar-refractivity contribution in [3.8, 4) is 0 Å². The van der Waals surface area contributed by atoms with Gasteiger partial charge in [-0.1, -0.05) is 18.2 Å². The molecule has 232 valence electrons. The van der Waals surface area contributed by atoms with E-state index in [1.165, 1.54) is 14.6 Å². The van der Waals surface area contributed by atoms with Gasteiger partial charge in [-0.3, -0.25) is 19.2 Å². The molecule has 5 rings (SSSR count). The van der Waals surface area contributed by atoms with E-state index in [0.717, 1.165) is 10.9 Å². The molecule has 1 unspecified atom stereocenters. The summed E-state index contributed by atoms with van der Waals surface area (Å²) in [5, 5.41) is 5.15. The van der Waals surface area contributed by atoms with E-state index in [2.05, 4.69) is 10.3 Å². The topological polar surface area (TPSA) is 73.4 Å². The Kier molecular flexibility index (Phi) is 10.6. The van der Waals surface area contributed by atoms with Gasteiger partial charge in [0.1, 0.15) is 0 Å². The van der Waals surface area contributed by atoms with Crippen molar-refractivity contribution in [2.24, 2.45) is 0 Å². The van der Waals surface area contributed by atoms with Crippen LogP contribution in [0.15, 0.2) is 73.2 Å². The maximum absolute atomic E-state index is 14.2. The van der Waals surface area contributed by atoms with Crippen LogP contribution in [0.1, 0.15) is 27.0 Å². The van der Waals surface area contributed by atoms with Gasteiger partial charge in [0.2, 0.25) is 0 Å². The largest absolute Gasteiger partial charge is 0.416 e. The Balaban J connectivity index is 0.00000253. The Morgan fingerprint density at radius 1 is 0.860 bits per heavy atom. The number of carbonyl (C=O) groups excluding carboxylic acids is 2. The van der Waals surface area contributed by atoms with Crippen molar-refractivity contribution in [2.45, 2.75) is 24.9 Å². The van der Waals surface area contributed by atoms with E-state index in [0.29, 0.717) is 30.8 Å². The number of piperazine rings is 1. The summed E-state index contributed by atoms with van der Waals surface area (Å²) in [6.07, 6.45) is -5.44. The summed E-state index contributed by atoms with van der Waals surface area (Å²) in [6, 6.07) is 9.69. The minimum atomic E-state index is -5.14. The third kappa shape index (κ3) is 7.35. The fourth-order valence-electron chi connectivity index (χ4n) is 4.95. The quantitative estimate of drug-likeness (QED) is 0.154. The molecule has 1 atom stereocenters. The van der Waals surface area contributed by atoms with Crippen LogP contribution in [0.5, 0.6) is 0 Å². The Morgan fingerprint density at radius 3 is 2.02 bits per heavy atom. The molecule has 1 amide bonds. The lowest BCUT2D eigenvalue weighted by Crippen LogP contribution is -2.59. The first-order chi connectivity index (χ1) is 19.4. The fourth-order valence-corrected chi connectivity index (χ4v) is 4.95. The number of rotatable bonds is 7. The van der Waals surface area contributed by atoms with Crippen LogP contribution in [0.3, 0.4) is 0 Å². The maximum Gasteiger partial charge on any atom is 0.416 e. The van der Waals surface area contributed by atoms with Gasteiger partial charge in [0, 0.05) is 61.2 Å². The molecule has 0 aliphatic carbocycles. The lowest BCUT2D eigenvalue weighted by atomic mass is 9.96. The Morgan fingerprint density at radius 2 is 1.44 bits per heavy atom. The SMILES string of the molecule is Cl.Cl.O=C(c1cc(C(F)(F)F)cc(C(F)(F)F)c1)C(C(=O)N(Cc1c[nH]c2ccccc12)n1cccc1)N1CCNCC1. The van der Waals surface area contributed by atoms with Crippen molar-refractivity contribution in [3.63, 3.8) is 0 Å². The van der Waals surface area contributed by atoms with Gasteiger partial charge in [0.05, 0.1) is 17.7 Å². The predicted molar refractivity (Wildman–Crippen MR) is 153 cm³/mol. The van der Waals surface area contributed by atoms with Gasteiger partial charge < -0.3 is 10.3 Å². The highest BCUT2D eigenvalue weighted by Gasteiger charge is 2.41. The molecule has 4 aromatic rings. The maximum atomic E-state index is 14.2. The standard InChI is InChI=1S/C28H25F6N5O2.2ClH/c29-27(30,31)20-13-18(14-21(15-20)28(32,33)34)25(40)24(37-11-7-35-8-12-37)26(41)39(38-9-3-4-10-38)17-19-16-36-23-6-2-1-5-22(19)23;;/h1-6,9-10,13-16,24,35-36H,7-8,11-12,17H2;2*1H. The van der Waals surface area contributed by atoms with Crippen molar-refractivity contribution < 1.29 is 35.9 Å². The molecule has 0 saturated carbocycles. The first-order valence-electron chi connectivity index (χ1n) is 12.7. The van der Waals surface area contributed by atoms with Gasteiger partial charge in [-0.2, -0.15) is 26.3 Å². The predicted octanol–water partition coefficient (Wildman–Crippen LogP) is 5.67. The van der Waals surface area contributed by atoms with Gasteiger partial charge in [-0.25, -0.2) is 5.01 Å². The Hall–Kier alpha value is -3.52. The molecule has 0 radical (unpaired) electrons. The van der Waals surface area contributed by atoms with Crippen LogP contribution >= 0.6 is 24.8 Å². The van der Waals surface area contributed by atoms with E-state index in [9.17, 15) is 35.9 Å². The van der Waals surface area contributed by atoms with E-state index < -0.39 is 46.8 Å². The van der Waals surface area contributed by atoms with Crippen LogP contribution in [0.25, 0.3) is 10.9 Å². The number of benzene rings is 2. The van der Waals surface area contributed by atoms with Gasteiger partial charge in [0.25, 0.3) is 5.91 Å². The zero-order valence-corrected chi connectivity index (χ0v) is 23.9. The fraction of sp³-hybridized carbons (Fsp3) is 0.286. The molecule has 2 N–H and O–H groups in total. The minimum Gasteiger partial charge on any atom is -0.361 e. The van der Waals surface area contributed by atoms with E-state index >= 15 is 0 Å². The molecule has 1 aliphatic rings. The van der Waals surface area contributed by atoms with Crippen molar-refractivity contribution >= 4 is 47.4 Å². The van der Waals surface area contributed by atoms with Crippen molar-refractivity contribution in [1.29, 1.82) is 0 Å². The summed E-state index contributed by atoms with van der Waals surface area (Å²) in [6.45, 7) is 1.09. The number of fused-ring (bicyclic) bond motifs is 1. The van der Waals surface area contributed by atoms with E-state index in [1.54, 1.807) is 30.7 Å². The van der Waals surface area contributed by atoms with Crippen LogP contribution in [0.4, 0.5) is 26.3 Å². The van der Waals surface area contributed by atoms with Crippen LogP contribution in [0.2, 0.25) is 0 Å². The van der Waals surface area contributed by atoms with Crippen LogP contribution < -0.4 is 10.3 Å². The number of nitrogens with one attached hydrogen (secondary N) is 2. The summed E-state index contributed by atoms with van der Waals surface area (Å²) >= 11 is 0. The number of hydrogen-bond donors (Lipinski definition) is 2. The second-order valence-electron chi connectivity index (χ2n) is 9.67. The third-order valence-electron chi connectivity index (χ3n) is 6.99. The summed E-state index contributed by atoms with van der Waals surface area (Å²) < 4.78 is 83.0. The molecule has 0 spiro atoms. The average Bonchev–Trinajstić information content (AvgIpc) is 3.61. The zero-order chi connectivity index (χ0) is 29.4. The van der Waals surface area contributed by atoms with E-state index in [-0.39, 0.29) is 50.5 Å². The molecule has 2 aromatic carbocycles. The minimum absolute atomic E-state index is 0. The number of amides is 1. The van der Waals surface area contributed by atoms with Gasteiger partial charge in [-0.05, 0) is 42.0 Å². The van der Waals surface area contributed by atoms with Crippen LogP contribution in [0, 0.1) is 0 Å². The lowest BCUT2D eigenvalue weighted by molar-refractivity contribution is -0.143. The number of halogens is 8. The first kappa shape index (κ1) is 34.0. The molecule has 43 heavy (non-hydrogen) atoms. The summed E-state index contributed by atoms with van der Waals surface area (Å²) in [4.78, 5) is 32.7.